The molecule has 2 heteroatoms. The van der Waals surface area contributed by atoms with Crippen molar-refractivity contribution in [2.45, 2.75) is 39.7 Å². The maximum atomic E-state index is 10.8. The average Bonchev–Trinajstić information content (AvgIpc) is 1.86. The van der Waals surface area contributed by atoms with E-state index >= 15 is 0 Å². The van der Waals surface area contributed by atoms with Crippen LogP contribution in [0.3, 0.4) is 0 Å². The predicted molar refractivity (Wildman–Crippen MR) is 43.9 cm³/mol. The standard InChI is InChI=1S/C9H14O2/c1-4-5-6-7-9(10)11-8(2)3/h8H,4,7H2,1-3H3. The van der Waals surface area contributed by atoms with E-state index in [0.29, 0.717) is 0 Å². The summed E-state index contributed by atoms with van der Waals surface area (Å²) in [6.45, 7) is 5.59. The molecule has 0 aliphatic carbocycles. The number of carbonyl (C=O) groups excluding carboxylic acids is 1. The Labute approximate surface area is 67.9 Å². The van der Waals surface area contributed by atoms with Crippen LogP contribution >= 0.6 is 0 Å². The van der Waals surface area contributed by atoms with E-state index in [1.807, 2.05) is 20.8 Å². The van der Waals surface area contributed by atoms with Crippen molar-refractivity contribution in [2.75, 3.05) is 0 Å². The fourth-order valence-corrected chi connectivity index (χ4v) is 0.564. The summed E-state index contributed by atoms with van der Waals surface area (Å²) in [5.41, 5.74) is 0. The summed E-state index contributed by atoms with van der Waals surface area (Å²) in [6, 6.07) is 0. The Kier molecular flexibility index (Phi) is 5.28. The van der Waals surface area contributed by atoms with Crippen molar-refractivity contribution >= 4 is 5.97 Å². The Balaban J connectivity index is 3.53. The second-order valence-corrected chi connectivity index (χ2v) is 2.42. The lowest BCUT2D eigenvalue weighted by molar-refractivity contribution is -0.146. The molecule has 0 bridgehead atoms. The molecule has 0 aromatic rings. The summed E-state index contributed by atoms with van der Waals surface area (Å²) in [5.74, 6) is 5.28. The zero-order valence-corrected chi connectivity index (χ0v) is 7.31. The third-order valence-electron chi connectivity index (χ3n) is 0.902. The van der Waals surface area contributed by atoms with Gasteiger partial charge in [-0.1, -0.05) is 12.8 Å². The van der Waals surface area contributed by atoms with Crippen molar-refractivity contribution < 1.29 is 9.53 Å². The number of esters is 1. The average molecular weight is 154 g/mol. The molecule has 11 heavy (non-hydrogen) atoms. The van der Waals surface area contributed by atoms with E-state index in [1.54, 1.807) is 0 Å². The molecule has 0 spiro atoms. The van der Waals surface area contributed by atoms with Crippen molar-refractivity contribution in [3.05, 3.63) is 0 Å². The van der Waals surface area contributed by atoms with Crippen LogP contribution in [0.25, 0.3) is 0 Å². The van der Waals surface area contributed by atoms with Crippen molar-refractivity contribution in [1.82, 2.24) is 0 Å². The normalized spacial score (nSPS) is 8.73. The van der Waals surface area contributed by atoms with Gasteiger partial charge in [-0.2, -0.15) is 0 Å². The zero-order chi connectivity index (χ0) is 8.69. The smallest absolute Gasteiger partial charge is 0.318 e. The third-order valence-corrected chi connectivity index (χ3v) is 0.902. The fourth-order valence-electron chi connectivity index (χ4n) is 0.564. The van der Waals surface area contributed by atoms with Crippen LogP contribution in [0.5, 0.6) is 0 Å². The van der Waals surface area contributed by atoms with Gasteiger partial charge in [-0.15, -0.1) is 5.92 Å². The van der Waals surface area contributed by atoms with Gasteiger partial charge in [-0.25, -0.2) is 0 Å². The van der Waals surface area contributed by atoms with Crippen molar-refractivity contribution in [3.63, 3.8) is 0 Å². The van der Waals surface area contributed by atoms with Crippen LogP contribution in [-0.4, -0.2) is 12.1 Å². The molecule has 0 atom stereocenters. The minimum absolute atomic E-state index is 0.0362. The fraction of sp³-hybridized carbons (Fsp3) is 0.667. The van der Waals surface area contributed by atoms with E-state index in [4.69, 9.17) is 4.74 Å². The van der Waals surface area contributed by atoms with Crippen LogP contribution in [-0.2, 0) is 9.53 Å². The van der Waals surface area contributed by atoms with Gasteiger partial charge in [0.05, 0.1) is 6.10 Å². The van der Waals surface area contributed by atoms with E-state index in [-0.39, 0.29) is 18.5 Å². The van der Waals surface area contributed by atoms with Crippen LogP contribution in [0.15, 0.2) is 0 Å². The van der Waals surface area contributed by atoms with Gasteiger partial charge < -0.3 is 4.74 Å². The van der Waals surface area contributed by atoms with Gasteiger partial charge in [0, 0.05) is 6.42 Å². The highest BCUT2D eigenvalue weighted by molar-refractivity contribution is 5.72. The van der Waals surface area contributed by atoms with Gasteiger partial charge in [0.15, 0.2) is 0 Å². The lowest BCUT2D eigenvalue weighted by Crippen LogP contribution is -2.09. The maximum absolute atomic E-state index is 10.8. The Morgan fingerprint density at radius 3 is 2.55 bits per heavy atom. The topological polar surface area (TPSA) is 26.3 Å². The van der Waals surface area contributed by atoms with Crippen LogP contribution in [0.1, 0.15) is 33.6 Å². The van der Waals surface area contributed by atoms with Crippen LogP contribution in [0, 0.1) is 11.8 Å². The zero-order valence-electron chi connectivity index (χ0n) is 7.31. The lowest BCUT2D eigenvalue weighted by atomic mass is 10.4. The van der Waals surface area contributed by atoms with Crippen LogP contribution in [0.4, 0.5) is 0 Å². The van der Waals surface area contributed by atoms with Crippen LogP contribution < -0.4 is 0 Å². The molecule has 62 valence electrons. The largest absolute Gasteiger partial charge is 0.462 e. The highest BCUT2D eigenvalue weighted by atomic mass is 16.5. The molecule has 0 N–H and O–H groups in total. The first kappa shape index (κ1) is 10.0. The number of rotatable bonds is 2. The highest BCUT2D eigenvalue weighted by Gasteiger charge is 2.01. The first-order valence-electron chi connectivity index (χ1n) is 3.82. The quantitative estimate of drug-likeness (QED) is 0.447. The molecular formula is C9H14O2. The molecular weight excluding hydrogens is 140 g/mol. The molecule has 0 rings (SSSR count). The van der Waals surface area contributed by atoms with E-state index in [1.165, 1.54) is 0 Å². The Morgan fingerprint density at radius 1 is 1.45 bits per heavy atom. The molecule has 0 saturated heterocycles. The van der Waals surface area contributed by atoms with Crippen molar-refractivity contribution in [1.29, 1.82) is 0 Å². The molecule has 0 aliphatic rings. The summed E-state index contributed by atoms with van der Waals surface area (Å²) in [6.07, 6.45) is 0.965. The maximum Gasteiger partial charge on any atom is 0.318 e. The van der Waals surface area contributed by atoms with Gasteiger partial charge in [0.2, 0.25) is 0 Å². The highest BCUT2D eigenvalue weighted by Crippen LogP contribution is 1.91. The first-order valence-corrected chi connectivity index (χ1v) is 3.82. The summed E-state index contributed by atoms with van der Waals surface area (Å²) >= 11 is 0. The number of carbonyl (C=O) groups is 1. The second kappa shape index (κ2) is 5.79. The number of ether oxygens (including phenoxy) is 1. The predicted octanol–water partition coefficient (Wildman–Crippen LogP) is 1.74. The molecule has 2 nitrogen and oxygen atoms in total. The first-order chi connectivity index (χ1) is 5.16. The summed E-state index contributed by atoms with van der Waals surface area (Å²) in [7, 11) is 0. The van der Waals surface area contributed by atoms with E-state index in [9.17, 15) is 4.79 Å². The molecule has 0 aromatic carbocycles. The molecule has 0 unspecified atom stereocenters. The summed E-state index contributed by atoms with van der Waals surface area (Å²) < 4.78 is 4.86. The minimum Gasteiger partial charge on any atom is -0.462 e. The number of hydrogen-bond acceptors (Lipinski definition) is 2. The van der Waals surface area contributed by atoms with E-state index in [0.717, 1.165) is 6.42 Å². The molecule has 0 radical (unpaired) electrons. The van der Waals surface area contributed by atoms with E-state index in [2.05, 4.69) is 11.8 Å². The Morgan fingerprint density at radius 2 is 2.09 bits per heavy atom. The Bertz CT molecular complexity index is 172. The second-order valence-electron chi connectivity index (χ2n) is 2.42. The van der Waals surface area contributed by atoms with Gasteiger partial charge in [-0.05, 0) is 13.8 Å². The third kappa shape index (κ3) is 6.92. The Hall–Kier alpha value is -0.970. The monoisotopic (exact) mass is 154 g/mol. The van der Waals surface area contributed by atoms with Gasteiger partial charge in [0.25, 0.3) is 0 Å². The molecule has 0 amide bonds. The minimum atomic E-state index is -0.235. The van der Waals surface area contributed by atoms with Gasteiger partial charge in [-0.3, -0.25) is 4.79 Å². The van der Waals surface area contributed by atoms with Gasteiger partial charge >= 0.3 is 5.97 Å². The molecule has 0 fully saturated rings. The van der Waals surface area contributed by atoms with Gasteiger partial charge in [0.1, 0.15) is 6.42 Å². The van der Waals surface area contributed by atoms with Crippen molar-refractivity contribution in [2.24, 2.45) is 0 Å². The lowest BCUT2D eigenvalue weighted by Gasteiger charge is -2.04. The van der Waals surface area contributed by atoms with Crippen molar-refractivity contribution in [3.8, 4) is 11.8 Å². The number of hydrogen-bond donors (Lipinski definition) is 0. The van der Waals surface area contributed by atoms with E-state index < -0.39 is 0 Å². The molecule has 0 saturated carbocycles. The molecule has 0 heterocycles. The molecule has 0 aliphatic heterocycles. The summed E-state index contributed by atoms with van der Waals surface area (Å²) in [5, 5.41) is 0. The summed E-state index contributed by atoms with van der Waals surface area (Å²) in [4.78, 5) is 10.8. The molecule has 0 aromatic heterocycles. The van der Waals surface area contributed by atoms with Crippen LogP contribution in [0.2, 0.25) is 0 Å². The SMILES string of the molecule is CCC#CCC(=O)OC(C)C.